The van der Waals surface area contributed by atoms with E-state index in [2.05, 4.69) is 20.6 Å². The summed E-state index contributed by atoms with van der Waals surface area (Å²) >= 11 is 0. The van der Waals surface area contributed by atoms with E-state index in [1.54, 1.807) is 31.2 Å². The number of nitrogens with one attached hydrogen (secondary N) is 2. The van der Waals surface area contributed by atoms with Crippen LogP contribution in [-0.4, -0.2) is 21.1 Å². The van der Waals surface area contributed by atoms with Crippen LogP contribution in [0.3, 0.4) is 0 Å². The molecule has 2 aromatic rings. The van der Waals surface area contributed by atoms with Crippen LogP contribution in [0.25, 0.3) is 0 Å². The van der Waals surface area contributed by atoms with Crippen molar-refractivity contribution in [1.29, 1.82) is 0 Å². The van der Waals surface area contributed by atoms with E-state index in [9.17, 15) is 9.90 Å². The number of urea groups is 1. The molecule has 0 aliphatic rings. The molecular weight excluding hydrogens is 244 g/mol. The molecule has 0 bridgehead atoms. The molecule has 1 atom stereocenters. The zero-order valence-corrected chi connectivity index (χ0v) is 10.4. The van der Waals surface area contributed by atoms with Crippen LogP contribution < -0.4 is 10.6 Å². The topological polar surface area (TPSA) is 87.1 Å². The van der Waals surface area contributed by atoms with Crippen LogP contribution in [0.5, 0.6) is 0 Å². The third-order valence-electron chi connectivity index (χ3n) is 2.46. The number of amides is 2. The highest BCUT2D eigenvalue weighted by atomic mass is 16.3. The fourth-order valence-electron chi connectivity index (χ4n) is 1.49. The number of aromatic nitrogens is 2. The second-order valence-corrected chi connectivity index (χ2v) is 3.97. The van der Waals surface area contributed by atoms with Crippen molar-refractivity contribution >= 4 is 17.5 Å². The molecule has 0 saturated carbocycles. The first-order chi connectivity index (χ1) is 9.15. The molecule has 1 aromatic heterocycles. The molecule has 0 aliphatic heterocycles. The maximum absolute atomic E-state index is 11.7. The van der Waals surface area contributed by atoms with Crippen LogP contribution in [0.15, 0.2) is 42.9 Å². The molecule has 0 aliphatic carbocycles. The molecule has 1 unspecified atom stereocenters. The SMILES string of the molecule is CC(O)c1ccc(NC(=O)Nc2cnccn2)cc1. The molecule has 6 nitrogen and oxygen atoms in total. The van der Waals surface area contributed by atoms with Crippen molar-refractivity contribution in [3.05, 3.63) is 48.4 Å². The van der Waals surface area contributed by atoms with Gasteiger partial charge in [0.05, 0.1) is 12.3 Å². The minimum atomic E-state index is -0.525. The van der Waals surface area contributed by atoms with Crippen molar-refractivity contribution in [3.8, 4) is 0 Å². The number of benzene rings is 1. The van der Waals surface area contributed by atoms with Gasteiger partial charge in [-0.1, -0.05) is 12.1 Å². The Bertz CT molecular complexity index is 540. The van der Waals surface area contributed by atoms with Crippen LogP contribution in [0, 0.1) is 0 Å². The lowest BCUT2D eigenvalue weighted by atomic mass is 10.1. The lowest BCUT2D eigenvalue weighted by Gasteiger charge is -2.08. The predicted octanol–water partition coefficient (Wildman–Crippen LogP) is 2.17. The largest absolute Gasteiger partial charge is 0.389 e. The van der Waals surface area contributed by atoms with E-state index in [-0.39, 0.29) is 0 Å². The Kier molecular flexibility index (Phi) is 4.04. The molecule has 2 rings (SSSR count). The van der Waals surface area contributed by atoms with Crippen molar-refractivity contribution in [3.63, 3.8) is 0 Å². The minimum Gasteiger partial charge on any atom is -0.389 e. The molecule has 2 amide bonds. The molecule has 0 radical (unpaired) electrons. The van der Waals surface area contributed by atoms with E-state index >= 15 is 0 Å². The van der Waals surface area contributed by atoms with E-state index in [1.165, 1.54) is 18.6 Å². The predicted molar refractivity (Wildman–Crippen MR) is 71.7 cm³/mol. The molecule has 1 aromatic carbocycles. The Balaban J connectivity index is 1.95. The summed E-state index contributed by atoms with van der Waals surface area (Å²) in [5.41, 5.74) is 1.42. The van der Waals surface area contributed by atoms with Gasteiger partial charge in [-0.3, -0.25) is 10.3 Å². The third kappa shape index (κ3) is 3.75. The summed E-state index contributed by atoms with van der Waals surface area (Å²) in [6, 6.07) is 6.55. The number of hydrogen-bond acceptors (Lipinski definition) is 4. The Labute approximate surface area is 110 Å². The van der Waals surface area contributed by atoms with Crippen LogP contribution in [-0.2, 0) is 0 Å². The highest BCUT2D eigenvalue weighted by Gasteiger charge is 2.04. The number of carbonyl (C=O) groups is 1. The molecule has 0 spiro atoms. The summed E-state index contributed by atoms with van der Waals surface area (Å²) in [6.45, 7) is 1.68. The normalized spacial score (nSPS) is 11.7. The number of hydrogen-bond donors (Lipinski definition) is 3. The Morgan fingerprint density at radius 2 is 1.95 bits per heavy atom. The quantitative estimate of drug-likeness (QED) is 0.787. The van der Waals surface area contributed by atoms with Gasteiger partial charge in [-0.05, 0) is 24.6 Å². The standard InChI is InChI=1S/C13H14N4O2/c1-9(18)10-2-4-11(5-3-10)16-13(19)17-12-8-14-6-7-15-12/h2-9,18H,1H3,(H2,15,16,17,19). The first kappa shape index (κ1) is 13.0. The molecular formula is C13H14N4O2. The molecule has 3 N–H and O–H groups in total. The molecule has 0 fully saturated rings. The van der Waals surface area contributed by atoms with Crippen LogP contribution in [0.1, 0.15) is 18.6 Å². The average Bonchev–Trinajstić information content (AvgIpc) is 2.40. The minimum absolute atomic E-state index is 0.376. The summed E-state index contributed by atoms with van der Waals surface area (Å²) < 4.78 is 0. The van der Waals surface area contributed by atoms with E-state index in [0.717, 1.165) is 5.56 Å². The van der Waals surface area contributed by atoms with Gasteiger partial charge in [0.25, 0.3) is 0 Å². The summed E-state index contributed by atoms with van der Waals surface area (Å²) in [4.78, 5) is 19.4. The summed E-state index contributed by atoms with van der Waals surface area (Å²) in [5, 5.41) is 14.6. The number of nitrogens with zero attached hydrogens (tertiary/aromatic N) is 2. The van der Waals surface area contributed by atoms with Crippen molar-refractivity contribution in [2.45, 2.75) is 13.0 Å². The third-order valence-corrected chi connectivity index (χ3v) is 2.46. The highest BCUT2D eigenvalue weighted by Crippen LogP contribution is 2.15. The molecule has 6 heteroatoms. The zero-order valence-electron chi connectivity index (χ0n) is 10.4. The van der Waals surface area contributed by atoms with Crippen LogP contribution in [0.4, 0.5) is 16.3 Å². The van der Waals surface area contributed by atoms with E-state index in [0.29, 0.717) is 11.5 Å². The fraction of sp³-hybridized carbons (Fsp3) is 0.154. The van der Waals surface area contributed by atoms with Gasteiger partial charge < -0.3 is 10.4 Å². The number of aliphatic hydroxyl groups excluding tert-OH is 1. The van der Waals surface area contributed by atoms with E-state index in [4.69, 9.17) is 0 Å². The second kappa shape index (κ2) is 5.92. The second-order valence-electron chi connectivity index (χ2n) is 3.97. The van der Waals surface area contributed by atoms with Crippen molar-refractivity contribution < 1.29 is 9.90 Å². The molecule has 19 heavy (non-hydrogen) atoms. The molecule has 1 heterocycles. The Morgan fingerprint density at radius 1 is 1.21 bits per heavy atom. The summed E-state index contributed by atoms with van der Waals surface area (Å²) in [7, 11) is 0. The van der Waals surface area contributed by atoms with Gasteiger partial charge in [-0.15, -0.1) is 0 Å². The Morgan fingerprint density at radius 3 is 2.53 bits per heavy atom. The first-order valence-corrected chi connectivity index (χ1v) is 5.77. The van der Waals surface area contributed by atoms with Crippen LogP contribution in [0.2, 0.25) is 0 Å². The van der Waals surface area contributed by atoms with E-state index in [1.807, 2.05) is 0 Å². The lowest BCUT2D eigenvalue weighted by Crippen LogP contribution is -2.20. The van der Waals surface area contributed by atoms with Crippen molar-refractivity contribution in [2.24, 2.45) is 0 Å². The number of carbonyl (C=O) groups excluding carboxylic acids is 1. The maximum atomic E-state index is 11.7. The fourth-order valence-corrected chi connectivity index (χ4v) is 1.49. The van der Waals surface area contributed by atoms with Crippen LogP contribution >= 0.6 is 0 Å². The number of aliphatic hydroxyl groups is 1. The highest BCUT2D eigenvalue weighted by molar-refractivity contribution is 5.98. The first-order valence-electron chi connectivity index (χ1n) is 5.77. The van der Waals surface area contributed by atoms with Gasteiger partial charge in [0.1, 0.15) is 0 Å². The number of rotatable bonds is 3. The van der Waals surface area contributed by atoms with Gasteiger partial charge >= 0.3 is 6.03 Å². The van der Waals surface area contributed by atoms with Gasteiger partial charge in [-0.2, -0.15) is 0 Å². The van der Waals surface area contributed by atoms with Gasteiger partial charge in [-0.25, -0.2) is 9.78 Å². The summed E-state index contributed by atoms with van der Waals surface area (Å²) in [5.74, 6) is 0.376. The van der Waals surface area contributed by atoms with E-state index < -0.39 is 12.1 Å². The lowest BCUT2D eigenvalue weighted by molar-refractivity contribution is 0.199. The van der Waals surface area contributed by atoms with Gasteiger partial charge in [0.15, 0.2) is 5.82 Å². The molecule has 98 valence electrons. The van der Waals surface area contributed by atoms with Crippen molar-refractivity contribution in [1.82, 2.24) is 9.97 Å². The Hall–Kier alpha value is -2.47. The smallest absolute Gasteiger partial charge is 0.324 e. The average molecular weight is 258 g/mol. The van der Waals surface area contributed by atoms with Gasteiger partial charge in [0.2, 0.25) is 0 Å². The van der Waals surface area contributed by atoms with Gasteiger partial charge in [0, 0.05) is 18.1 Å². The zero-order chi connectivity index (χ0) is 13.7. The number of anilines is 2. The van der Waals surface area contributed by atoms with Crippen molar-refractivity contribution in [2.75, 3.05) is 10.6 Å². The molecule has 0 saturated heterocycles. The summed E-state index contributed by atoms with van der Waals surface area (Å²) in [6.07, 6.45) is 3.95. The monoisotopic (exact) mass is 258 g/mol. The maximum Gasteiger partial charge on any atom is 0.324 e.